The largest absolute Gasteiger partial charge is 0.416 e. The topological polar surface area (TPSA) is 44.8 Å². The van der Waals surface area contributed by atoms with Crippen molar-refractivity contribution in [2.45, 2.75) is 18.6 Å². The molecule has 2 aliphatic heterocycles. The third kappa shape index (κ3) is 4.66. The molecule has 0 unspecified atom stereocenters. The molecule has 32 heavy (non-hydrogen) atoms. The first-order valence-electron chi connectivity index (χ1n) is 10.5. The van der Waals surface area contributed by atoms with Crippen LogP contribution in [0.4, 0.5) is 24.5 Å². The first kappa shape index (κ1) is 22.7. The van der Waals surface area contributed by atoms with Gasteiger partial charge in [0.1, 0.15) is 0 Å². The molecule has 4 rings (SSSR count). The summed E-state index contributed by atoms with van der Waals surface area (Å²) in [5.41, 5.74) is 1.65. The van der Waals surface area contributed by atoms with Gasteiger partial charge in [-0.25, -0.2) is 0 Å². The molecule has 0 bridgehead atoms. The Bertz CT molecular complexity index is 968. The number of carbonyl (C=O) groups excluding carboxylic acids is 1. The Morgan fingerprint density at radius 1 is 1.19 bits per heavy atom. The number of carbonyl (C=O) groups is 1. The zero-order valence-electron chi connectivity index (χ0n) is 17.7. The van der Waals surface area contributed by atoms with Crippen molar-refractivity contribution in [1.29, 1.82) is 0 Å². The Morgan fingerprint density at radius 2 is 1.94 bits per heavy atom. The number of rotatable bonds is 5. The number of ether oxygens (including phenoxy) is 1. The molecule has 172 valence electrons. The molecule has 0 saturated carbocycles. The molecule has 1 saturated heterocycles. The van der Waals surface area contributed by atoms with Gasteiger partial charge in [-0.1, -0.05) is 11.6 Å². The SMILES string of the molecule is COCCNC(=O)[C@@H]1Cc2cc(C(F)(F)F)ccc2N2CCN(c3ccc(Cl)cc3)C[C@H]12. The molecule has 2 heterocycles. The number of alkyl halides is 3. The summed E-state index contributed by atoms with van der Waals surface area (Å²) in [4.78, 5) is 17.3. The number of nitrogens with zero attached hydrogens (tertiary/aromatic N) is 2. The van der Waals surface area contributed by atoms with Crippen molar-refractivity contribution in [3.63, 3.8) is 0 Å². The summed E-state index contributed by atoms with van der Waals surface area (Å²) in [7, 11) is 1.55. The molecule has 2 aromatic carbocycles. The summed E-state index contributed by atoms with van der Waals surface area (Å²) >= 11 is 6.02. The average Bonchev–Trinajstić information content (AvgIpc) is 2.77. The maximum atomic E-state index is 13.3. The average molecular weight is 468 g/mol. The minimum absolute atomic E-state index is 0.161. The monoisotopic (exact) mass is 467 g/mol. The highest BCUT2D eigenvalue weighted by Crippen LogP contribution is 2.40. The van der Waals surface area contributed by atoms with Crippen molar-refractivity contribution in [3.8, 4) is 0 Å². The second-order valence-electron chi connectivity index (χ2n) is 8.12. The number of piperazine rings is 1. The standard InChI is InChI=1S/C23H25ClF3N3O2/c1-32-11-8-28-22(31)19-13-15-12-16(23(25,26)27)2-7-20(15)30-10-9-29(14-21(19)30)18-5-3-17(24)4-6-18/h2-7,12,19,21H,8-11,13-14H2,1H3,(H,28,31)/t19-,21-/m1/s1. The zero-order chi connectivity index (χ0) is 22.9. The number of anilines is 2. The van der Waals surface area contributed by atoms with E-state index in [1.54, 1.807) is 13.2 Å². The minimum Gasteiger partial charge on any atom is -0.383 e. The van der Waals surface area contributed by atoms with Gasteiger partial charge in [-0.2, -0.15) is 13.2 Å². The van der Waals surface area contributed by atoms with E-state index in [1.165, 1.54) is 6.07 Å². The Morgan fingerprint density at radius 3 is 2.62 bits per heavy atom. The van der Waals surface area contributed by atoms with Crippen LogP contribution in [0.2, 0.25) is 5.02 Å². The first-order valence-corrected chi connectivity index (χ1v) is 10.9. The molecular formula is C23H25ClF3N3O2. The predicted molar refractivity (Wildman–Crippen MR) is 118 cm³/mol. The number of benzene rings is 2. The molecule has 0 aromatic heterocycles. The van der Waals surface area contributed by atoms with Gasteiger partial charge < -0.3 is 19.9 Å². The summed E-state index contributed by atoms with van der Waals surface area (Å²) in [6.07, 6.45) is -4.16. The van der Waals surface area contributed by atoms with Crippen LogP contribution in [0.1, 0.15) is 11.1 Å². The van der Waals surface area contributed by atoms with Crippen LogP contribution in [-0.2, 0) is 22.1 Å². The molecular weight excluding hydrogens is 443 g/mol. The van der Waals surface area contributed by atoms with Gasteiger partial charge >= 0.3 is 6.18 Å². The van der Waals surface area contributed by atoms with Crippen LogP contribution in [0.5, 0.6) is 0 Å². The Labute approximate surface area is 190 Å². The fraction of sp³-hybridized carbons (Fsp3) is 0.435. The third-order valence-electron chi connectivity index (χ3n) is 6.17. The van der Waals surface area contributed by atoms with Crippen molar-refractivity contribution >= 4 is 28.9 Å². The first-order chi connectivity index (χ1) is 15.3. The van der Waals surface area contributed by atoms with E-state index in [2.05, 4.69) is 15.1 Å². The van der Waals surface area contributed by atoms with Crippen LogP contribution in [0, 0.1) is 5.92 Å². The number of halogens is 4. The van der Waals surface area contributed by atoms with E-state index in [1.807, 2.05) is 24.3 Å². The summed E-state index contributed by atoms with van der Waals surface area (Å²) in [6, 6.07) is 11.2. The van der Waals surface area contributed by atoms with Crippen LogP contribution in [0.15, 0.2) is 42.5 Å². The zero-order valence-corrected chi connectivity index (χ0v) is 18.4. The van der Waals surface area contributed by atoms with Gasteiger partial charge in [0.2, 0.25) is 5.91 Å². The number of hydrogen-bond donors (Lipinski definition) is 1. The van der Waals surface area contributed by atoms with Crippen molar-refractivity contribution in [3.05, 3.63) is 58.6 Å². The number of nitrogens with one attached hydrogen (secondary N) is 1. The summed E-state index contributed by atoms with van der Waals surface area (Å²) in [5.74, 6) is -0.643. The third-order valence-corrected chi connectivity index (χ3v) is 6.43. The number of fused-ring (bicyclic) bond motifs is 3. The minimum atomic E-state index is -4.42. The highest BCUT2D eigenvalue weighted by atomic mass is 35.5. The Kier molecular flexibility index (Phi) is 6.53. The lowest BCUT2D eigenvalue weighted by atomic mass is 9.82. The van der Waals surface area contributed by atoms with Crippen molar-refractivity contribution in [2.75, 3.05) is 49.7 Å². The van der Waals surface area contributed by atoms with E-state index in [9.17, 15) is 18.0 Å². The van der Waals surface area contributed by atoms with E-state index in [-0.39, 0.29) is 18.4 Å². The second kappa shape index (κ2) is 9.19. The van der Waals surface area contributed by atoms with E-state index < -0.39 is 17.7 Å². The van der Waals surface area contributed by atoms with Gasteiger partial charge in [-0.15, -0.1) is 0 Å². The number of amides is 1. The van der Waals surface area contributed by atoms with Crippen LogP contribution < -0.4 is 15.1 Å². The smallest absolute Gasteiger partial charge is 0.383 e. The Balaban J connectivity index is 1.64. The van der Waals surface area contributed by atoms with E-state index in [4.69, 9.17) is 16.3 Å². The van der Waals surface area contributed by atoms with E-state index in [0.717, 1.165) is 17.4 Å². The summed E-state index contributed by atoms with van der Waals surface area (Å²) < 4.78 is 44.9. The molecule has 1 amide bonds. The quantitative estimate of drug-likeness (QED) is 0.675. The number of methoxy groups -OCH3 is 1. The maximum absolute atomic E-state index is 13.3. The molecule has 2 aliphatic rings. The van der Waals surface area contributed by atoms with Crippen LogP contribution >= 0.6 is 11.6 Å². The molecule has 1 N–H and O–H groups in total. The highest BCUT2D eigenvalue weighted by Gasteiger charge is 2.42. The Hall–Kier alpha value is -2.45. The number of hydrogen-bond acceptors (Lipinski definition) is 4. The molecule has 9 heteroatoms. The molecule has 2 atom stereocenters. The molecule has 0 radical (unpaired) electrons. The van der Waals surface area contributed by atoms with Crippen LogP contribution in [0.3, 0.4) is 0 Å². The lowest BCUT2D eigenvalue weighted by Gasteiger charge is -2.49. The lowest BCUT2D eigenvalue weighted by molar-refractivity contribution is -0.137. The normalized spacial score (nSPS) is 20.5. The molecule has 2 aromatic rings. The van der Waals surface area contributed by atoms with E-state index >= 15 is 0 Å². The molecule has 0 aliphatic carbocycles. The van der Waals surface area contributed by atoms with Crippen molar-refractivity contribution < 1.29 is 22.7 Å². The van der Waals surface area contributed by atoms with Gasteiger partial charge in [0.25, 0.3) is 0 Å². The van der Waals surface area contributed by atoms with Crippen LogP contribution in [-0.4, -0.2) is 51.8 Å². The lowest BCUT2D eigenvalue weighted by Crippen LogP contribution is -2.61. The molecule has 1 fully saturated rings. The summed E-state index contributed by atoms with van der Waals surface area (Å²) in [5, 5.41) is 3.52. The fourth-order valence-corrected chi connectivity index (χ4v) is 4.72. The van der Waals surface area contributed by atoms with Gasteiger partial charge in [-0.05, 0) is 54.4 Å². The maximum Gasteiger partial charge on any atom is 0.416 e. The highest BCUT2D eigenvalue weighted by molar-refractivity contribution is 6.30. The van der Waals surface area contributed by atoms with Gasteiger partial charge in [0.15, 0.2) is 0 Å². The van der Waals surface area contributed by atoms with Crippen molar-refractivity contribution in [2.24, 2.45) is 5.92 Å². The van der Waals surface area contributed by atoms with Gasteiger partial charge in [-0.3, -0.25) is 4.79 Å². The second-order valence-corrected chi connectivity index (χ2v) is 8.56. The fourth-order valence-electron chi connectivity index (χ4n) is 4.59. The van der Waals surface area contributed by atoms with Crippen LogP contribution in [0.25, 0.3) is 0 Å². The molecule has 0 spiro atoms. The van der Waals surface area contributed by atoms with Gasteiger partial charge in [0.05, 0.1) is 24.1 Å². The van der Waals surface area contributed by atoms with Crippen molar-refractivity contribution in [1.82, 2.24) is 5.32 Å². The van der Waals surface area contributed by atoms with E-state index in [0.29, 0.717) is 43.4 Å². The predicted octanol–water partition coefficient (Wildman–Crippen LogP) is 3.99. The van der Waals surface area contributed by atoms with Gasteiger partial charge in [0, 0.05) is 49.7 Å². The summed E-state index contributed by atoms with van der Waals surface area (Å²) in [6.45, 7) is 2.61. The molecule has 5 nitrogen and oxygen atoms in total.